The number of nitrogens with two attached hydrogens (primary N) is 1. The number of benzene rings is 1. The molecule has 0 aliphatic heterocycles. The maximum atomic E-state index is 11.9. The van der Waals surface area contributed by atoms with Gasteiger partial charge in [0.15, 0.2) is 0 Å². The number of hydrogen-bond donors (Lipinski definition) is 2. The lowest BCUT2D eigenvalue weighted by molar-refractivity contribution is -0.118. The molecule has 6 heteroatoms. The highest BCUT2D eigenvalue weighted by Gasteiger charge is 2.18. The molecule has 0 spiro atoms. The Morgan fingerprint density at radius 2 is 2.15 bits per heavy atom. The van der Waals surface area contributed by atoms with E-state index in [2.05, 4.69) is 15.5 Å². The maximum Gasteiger partial charge on any atom is 0.247 e. The number of aryl methyl sites for hydroxylation is 1. The van der Waals surface area contributed by atoms with Gasteiger partial charge in [0.2, 0.25) is 18.2 Å². The van der Waals surface area contributed by atoms with Gasteiger partial charge in [-0.15, -0.1) is 10.2 Å². The summed E-state index contributed by atoms with van der Waals surface area (Å²) in [6, 6.07) is 4.98. The SMILES string of the molecule is Cc1cc(-c2nnco2)ccc1NC(=O)C(N)C(C)C. The van der Waals surface area contributed by atoms with Gasteiger partial charge >= 0.3 is 0 Å². The van der Waals surface area contributed by atoms with Crippen molar-refractivity contribution in [1.82, 2.24) is 10.2 Å². The van der Waals surface area contributed by atoms with E-state index in [0.29, 0.717) is 5.89 Å². The van der Waals surface area contributed by atoms with Gasteiger partial charge in [0.05, 0.1) is 6.04 Å². The Morgan fingerprint density at radius 3 is 2.70 bits per heavy atom. The van der Waals surface area contributed by atoms with Gasteiger partial charge in [-0.25, -0.2) is 0 Å². The Hall–Kier alpha value is -2.21. The molecule has 0 radical (unpaired) electrons. The highest BCUT2D eigenvalue weighted by molar-refractivity contribution is 5.95. The minimum atomic E-state index is -0.523. The number of rotatable bonds is 4. The van der Waals surface area contributed by atoms with Crippen molar-refractivity contribution < 1.29 is 9.21 Å². The number of anilines is 1. The molecule has 2 aromatic rings. The molecule has 106 valence electrons. The van der Waals surface area contributed by atoms with Gasteiger partial charge in [-0.2, -0.15) is 0 Å². The number of hydrogen-bond acceptors (Lipinski definition) is 5. The molecule has 6 nitrogen and oxygen atoms in total. The molecule has 0 saturated heterocycles. The zero-order chi connectivity index (χ0) is 14.7. The molecule has 0 fully saturated rings. The minimum Gasteiger partial charge on any atom is -0.423 e. The summed E-state index contributed by atoms with van der Waals surface area (Å²) in [6.45, 7) is 5.72. The third kappa shape index (κ3) is 3.03. The van der Waals surface area contributed by atoms with Crippen molar-refractivity contribution in [3.63, 3.8) is 0 Å². The molecule has 1 aromatic heterocycles. The van der Waals surface area contributed by atoms with Gasteiger partial charge in [0.1, 0.15) is 0 Å². The monoisotopic (exact) mass is 274 g/mol. The Labute approximate surface area is 117 Å². The summed E-state index contributed by atoms with van der Waals surface area (Å²) in [7, 11) is 0. The number of aromatic nitrogens is 2. The zero-order valence-corrected chi connectivity index (χ0v) is 11.8. The summed E-state index contributed by atoms with van der Waals surface area (Å²) >= 11 is 0. The van der Waals surface area contributed by atoms with Crippen LogP contribution in [0.15, 0.2) is 29.0 Å². The molecular formula is C14H18N4O2. The Kier molecular flexibility index (Phi) is 4.14. The predicted octanol–water partition coefficient (Wildman–Crippen LogP) is 1.97. The van der Waals surface area contributed by atoms with Crippen molar-refractivity contribution in [2.75, 3.05) is 5.32 Å². The third-order valence-electron chi connectivity index (χ3n) is 3.11. The first-order valence-electron chi connectivity index (χ1n) is 6.42. The second kappa shape index (κ2) is 5.83. The lowest BCUT2D eigenvalue weighted by Crippen LogP contribution is -2.39. The number of nitrogens with zero attached hydrogens (tertiary/aromatic N) is 2. The number of carbonyl (C=O) groups is 1. The highest BCUT2D eigenvalue weighted by atomic mass is 16.4. The average Bonchev–Trinajstić information content (AvgIpc) is 2.93. The van der Waals surface area contributed by atoms with Crippen molar-refractivity contribution in [1.29, 1.82) is 0 Å². The molecule has 0 bridgehead atoms. The van der Waals surface area contributed by atoms with Crippen LogP contribution in [-0.2, 0) is 4.79 Å². The zero-order valence-electron chi connectivity index (χ0n) is 11.8. The lowest BCUT2D eigenvalue weighted by Gasteiger charge is -2.16. The average molecular weight is 274 g/mol. The largest absolute Gasteiger partial charge is 0.423 e. The highest BCUT2D eigenvalue weighted by Crippen LogP contribution is 2.23. The summed E-state index contributed by atoms with van der Waals surface area (Å²) in [5, 5.41) is 10.3. The fraction of sp³-hybridized carbons (Fsp3) is 0.357. The fourth-order valence-electron chi connectivity index (χ4n) is 1.75. The Morgan fingerprint density at radius 1 is 1.40 bits per heavy atom. The molecular weight excluding hydrogens is 256 g/mol. The van der Waals surface area contributed by atoms with Gasteiger partial charge < -0.3 is 15.5 Å². The van der Waals surface area contributed by atoms with Crippen LogP contribution in [-0.4, -0.2) is 22.1 Å². The first-order chi connectivity index (χ1) is 9.49. The van der Waals surface area contributed by atoms with Crippen molar-refractivity contribution in [2.24, 2.45) is 11.7 Å². The van der Waals surface area contributed by atoms with Crippen LogP contribution in [0.4, 0.5) is 5.69 Å². The second-order valence-corrected chi connectivity index (χ2v) is 5.03. The summed E-state index contributed by atoms with van der Waals surface area (Å²) in [5.74, 6) is 0.353. The van der Waals surface area contributed by atoms with Crippen molar-refractivity contribution in [3.05, 3.63) is 30.2 Å². The first-order valence-corrected chi connectivity index (χ1v) is 6.42. The molecule has 1 heterocycles. The van der Waals surface area contributed by atoms with Crippen molar-refractivity contribution in [2.45, 2.75) is 26.8 Å². The summed E-state index contributed by atoms with van der Waals surface area (Å²) in [5.41, 5.74) is 8.27. The van der Waals surface area contributed by atoms with E-state index < -0.39 is 6.04 Å². The van der Waals surface area contributed by atoms with Crippen molar-refractivity contribution >= 4 is 11.6 Å². The molecule has 2 rings (SSSR count). The normalized spacial score (nSPS) is 12.4. The molecule has 1 aromatic carbocycles. The van der Waals surface area contributed by atoms with Gasteiger partial charge in [-0.1, -0.05) is 13.8 Å². The van der Waals surface area contributed by atoms with Crippen molar-refractivity contribution in [3.8, 4) is 11.5 Å². The second-order valence-electron chi connectivity index (χ2n) is 5.03. The molecule has 0 aliphatic carbocycles. The molecule has 20 heavy (non-hydrogen) atoms. The van der Waals surface area contributed by atoms with E-state index >= 15 is 0 Å². The predicted molar refractivity (Wildman–Crippen MR) is 75.9 cm³/mol. The summed E-state index contributed by atoms with van der Waals surface area (Å²) in [6.07, 6.45) is 1.28. The van der Waals surface area contributed by atoms with Crippen LogP contribution in [0.2, 0.25) is 0 Å². The van der Waals surface area contributed by atoms with E-state index in [1.54, 1.807) is 6.07 Å². The van der Waals surface area contributed by atoms with E-state index in [0.717, 1.165) is 16.8 Å². The quantitative estimate of drug-likeness (QED) is 0.888. The van der Waals surface area contributed by atoms with E-state index in [1.165, 1.54) is 6.39 Å². The molecule has 1 unspecified atom stereocenters. The number of amides is 1. The lowest BCUT2D eigenvalue weighted by atomic mass is 10.0. The number of nitrogens with one attached hydrogen (secondary N) is 1. The van der Waals surface area contributed by atoms with E-state index in [9.17, 15) is 4.79 Å². The molecule has 0 saturated carbocycles. The van der Waals surface area contributed by atoms with E-state index in [-0.39, 0.29) is 11.8 Å². The van der Waals surface area contributed by atoms with Crippen LogP contribution in [0.1, 0.15) is 19.4 Å². The van der Waals surface area contributed by atoms with Crippen LogP contribution in [0.25, 0.3) is 11.5 Å². The summed E-state index contributed by atoms with van der Waals surface area (Å²) in [4.78, 5) is 11.9. The molecule has 0 aliphatic rings. The Balaban J connectivity index is 2.16. The fourth-order valence-corrected chi connectivity index (χ4v) is 1.75. The van der Waals surface area contributed by atoms with Gasteiger partial charge in [0.25, 0.3) is 0 Å². The van der Waals surface area contributed by atoms with E-state index in [1.807, 2.05) is 32.9 Å². The topological polar surface area (TPSA) is 94.0 Å². The third-order valence-corrected chi connectivity index (χ3v) is 3.11. The van der Waals surface area contributed by atoms with Crippen LogP contribution in [0, 0.1) is 12.8 Å². The van der Waals surface area contributed by atoms with E-state index in [4.69, 9.17) is 10.2 Å². The van der Waals surface area contributed by atoms with Crippen LogP contribution >= 0.6 is 0 Å². The maximum absolute atomic E-state index is 11.9. The smallest absolute Gasteiger partial charge is 0.247 e. The Bertz CT molecular complexity index is 593. The van der Waals surface area contributed by atoms with Crippen LogP contribution in [0.5, 0.6) is 0 Å². The van der Waals surface area contributed by atoms with Gasteiger partial charge in [0, 0.05) is 11.3 Å². The minimum absolute atomic E-state index is 0.0907. The van der Waals surface area contributed by atoms with Crippen LogP contribution in [0.3, 0.4) is 0 Å². The molecule has 1 amide bonds. The number of carbonyl (C=O) groups excluding carboxylic acids is 1. The standard InChI is InChI=1S/C14H18N4O2/c1-8(2)12(15)13(19)17-11-5-4-10(6-9(11)3)14-18-16-7-20-14/h4-8,12H,15H2,1-3H3,(H,17,19). The molecule has 3 N–H and O–H groups in total. The van der Waals surface area contributed by atoms with Gasteiger partial charge in [-0.3, -0.25) is 4.79 Å². The van der Waals surface area contributed by atoms with Crippen LogP contribution < -0.4 is 11.1 Å². The van der Waals surface area contributed by atoms with Gasteiger partial charge in [-0.05, 0) is 36.6 Å². The molecule has 1 atom stereocenters. The summed E-state index contributed by atoms with van der Waals surface area (Å²) < 4.78 is 5.14. The first kappa shape index (κ1) is 14.2.